The Morgan fingerprint density at radius 3 is 2.35 bits per heavy atom. The second kappa shape index (κ2) is 9.14. The second-order valence-electron chi connectivity index (χ2n) is 8.05. The Balaban J connectivity index is 1.33. The van der Waals surface area contributed by atoms with Gasteiger partial charge in [0.25, 0.3) is 11.8 Å². The van der Waals surface area contributed by atoms with E-state index in [1.165, 1.54) is 10.5 Å². The zero-order valence-corrected chi connectivity index (χ0v) is 18.0. The number of aromatic nitrogens is 2. The van der Waals surface area contributed by atoms with Crippen LogP contribution in [0, 0.1) is 13.8 Å². The number of piperazine rings is 1. The molecule has 1 aromatic heterocycles. The lowest BCUT2D eigenvalue weighted by Gasteiger charge is -2.32. The maximum Gasteiger partial charge on any atom is 0.280 e. The summed E-state index contributed by atoms with van der Waals surface area (Å²) in [5.41, 5.74) is 3.64. The number of hydrogen-bond donors (Lipinski definition) is 2. The molecule has 1 fully saturated rings. The molecule has 0 spiro atoms. The van der Waals surface area contributed by atoms with E-state index in [0.29, 0.717) is 31.0 Å². The maximum absolute atomic E-state index is 12.7. The van der Waals surface area contributed by atoms with Crippen molar-refractivity contribution in [2.24, 2.45) is 0 Å². The van der Waals surface area contributed by atoms with Gasteiger partial charge >= 0.3 is 0 Å². The van der Waals surface area contributed by atoms with Crippen LogP contribution in [0.2, 0.25) is 0 Å². The van der Waals surface area contributed by atoms with Crippen molar-refractivity contribution >= 4 is 17.6 Å². The zero-order chi connectivity index (χ0) is 21.8. The van der Waals surface area contributed by atoms with Crippen LogP contribution in [-0.2, 0) is 4.79 Å². The molecule has 160 valence electrons. The molecule has 0 unspecified atom stereocenters. The van der Waals surface area contributed by atoms with Crippen LogP contribution in [0.15, 0.2) is 60.7 Å². The minimum Gasteiger partial charge on any atom is -0.327 e. The molecule has 2 N–H and O–H groups in total. The second-order valence-corrected chi connectivity index (χ2v) is 8.05. The first-order chi connectivity index (χ1) is 15.0. The fourth-order valence-corrected chi connectivity index (χ4v) is 3.85. The van der Waals surface area contributed by atoms with Gasteiger partial charge in [-0.1, -0.05) is 35.9 Å². The summed E-state index contributed by atoms with van der Waals surface area (Å²) in [6, 6.07) is 19.3. The van der Waals surface area contributed by atoms with Crippen molar-refractivity contribution < 1.29 is 14.5 Å². The van der Waals surface area contributed by atoms with Gasteiger partial charge in [0.2, 0.25) is 0 Å². The first-order valence-electron chi connectivity index (χ1n) is 10.6. The standard InChI is InChI=1S/C24H27N5O2/c1-18-8-10-21(11-9-18)29-22(16-19(2)26-29)25-23(30)17-27-12-14-28(15-13-27)24(31)20-6-4-3-5-7-20/h3-11,16H,12-15,17H2,1-2H3,(H,25,30)/p+1. The van der Waals surface area contributed by atoms with Crippen molar-refractivity contribution in [1.29, 1.82) is 0 Å². The Hall–Kier alpha value is -3.45. The summed E-state index contributed by atoms with van der Waals surface area (Å²) in [4.78, 5) is 28.3. The minimum absolute atomic E-state index is 0.0499. The molecule has 1 aliphatic rings. The van der Waals surface area contributed by atoms with Crippen molar-refractivity contribution in [3.8, 4) is 5.69 Å². The van der Waals surface area contributed by atoms with E-state index in [4.69, 9.17) is 0 Å². The van der Waals surface area contributed by atoms with E-state index in [1.54, 1.807) is 4.68 Å². The average molecular weight is 419 g/mol. The number of aryl methyl sites for hydroxylation is 2. The Kier molecular flexibility index (Phi) is 6.13. The molecule has 3 aromatic rings. The number of hydrogen-bond acceptors (Lipinski definition) is 3. The van der Waals surface area contributed by atoms with Gasteiger partial charge in [0.1, 0.15) is 5.82 Å². The van der Waals surface area contributed by atoms with Gasteiger partial charge in [-0.25, -0.2) is 4.68 Å². The SMILES string of the molecule is Cc1ccc(-n2nc(C)cc2NC(=O)C[NH+]2CCN(C(=O)c3ccccc3)CC2)cc1. The van der Waals surface area contributed by atoms with Crippen LogP contribution in [-0.4, -0.2) is 59.2 Å². The monoisotopic (exact) mass is 418 g/mol. The van der Waals surface area contributed by atoms with Crippen molar-refractivity contribution in [3.63, 3.8) is 0 Å². The summed E-state index contributed by atoms with van der Waals surface area (Å²) in [5.74, 6) is 0.677. The van der Waals surface area contributed by atoms with E-state index in [0.717, 1.165) is 24.5 Å². The van der Waals surface area contributed by atoms with Crippen LogP contribution in [0.3, 0.4) is 0 Å². The fourth-order valence-electron chi connectivity index (χ4n) is 3.85. The topological polar surface area (TPSA) is 71.7 Å². The van der Waals surface area contributed by atoms with E-state index in [1.807, 2.05) is 79.4 Å². The van der Waals surface area contributed by atoms with Crippen LogP contribution in [0.25, 0.3) is 5.69 Å². The van der Waals surface area contributed by atoms with Crippen LogP contribution >= 0.6 is 0 Å². The molecule has 0 radical (unpaired) electrons. The van der Waals surface area contributed by atoms with E-state index >= 15 is 0 Å². The summed E-state index contributed by atoms with van der Waals surface area (Å²) in [7, 11) is 0. The van der Waals surface area contributed by atoms with Gasteiger partial charge in [-0.3, -0.25) is 9.59 Å². The van der Waals surface area contributed by atoms with Crippen molar-refractivity contribution in [2.45, 2.75) is 13.8 Å². The number of carbonyl (C=O) groups excluding carboxylic acids is 2. The molecule has 1 saturated heterocycles. The van der Waals surface area contributed by atoms with E-state index in [9.17, 15) is 9.59 Å². The number of anilines is 1. The van der Waals surface area contributed by atoms with Crippen LogP contribution < -0.4 is 10.2 Å². The third-order valence-electron chi connectivity index (χ3n) is 5.57. The van der Waals surface area contributed by atoms with E-state index < -0.39 is 0 Å². The molecule has 7 nitrogen and oxygen atoms in total. The molecule has 7 heteroatoms. The van der Waals surface area contributed by atoms with Crippen molar-refractivity contribution in [3.05, 3.63) is 77.5 Å². The van der Waals surface area contributed by atoms with Crippen LogP contribution in [0.1, 0.15) is 21.6 Å². The van der Waals surface area contributed by atoms with Crippen LogP contribution in [0.5, 0.6) is 0 Å². The summed E-state index contributed by atoms with van der Waals surface area (Å²) in [5, 5.41) is 7.53. The van der Waals surface area contributed by atoms with Crippen molar-refractivity contribution in [1.82, 2.24) is 14.7 Å². The number of carbonyl (C=O) groups is 2. The fraction of sp³-hybridized carbons (Fsp3) is 0.292. The highest BCUT2D eigenvalue weighted by atomic mass is 16.2. The number of nitrogens with zero attached hydrogens (tertiary/aromatic N) is 3. The first-order valence-corrected chi connectivity index (χ1v) is 10.6. The average Bonchev–Trinajstić information content (AvgIpc) is 3.14. The normalized spacial score (nSPS) is 14.5. The lowest BCUT2D eigenvalue weighted by molar-refractivity contribution is -0.895. The number of amides is 2. The van der Waals surface area contributed by atoms with Crippen LogP contribution in [0.4, 0.5) is 5.82 Å². The Bertz CT molecular complexity index is 1050. The quantitative estimate of drug-likeness (QED) is 0.659. The number of rotatable bonds is 5. The first kappa shape index (κ1) is 20.8. The lowest BCUT2D eigenvalue weighted by Crippen LogP contribution is -3.15. The third-order valence-corrected chi connectivity index (χ3v) is 5.57. The molecule has 2 aromatic carbocycles. The predicted molar refractivity (Wildman–Crippen MR) is 120 cm³/mol. The maximum atomic E-state index is 12.7. The predicted octanol–water partition coefficient (Wildman–Crippen LogP) is 1.47. The highest BCUT2D eigenvalue weighted by Gasteiger charge is 2.26. The molecule has 2 amide bonds. The smallest absolute Gasteiger partial charge is 0.280 e. The Morgan fingerprint density at radius 1 is 1.00 bits per heavy atom. The molecule has 0 aliphatic carbocycles. The highest BCUT2D eigenvalue weighted by Crippen LogP contribution is 2.17. The summed E-state index contributed by atoms with van der Waals surface area (Å²) >= 11 is 0. The summed E-state index contributed by atoms with van der Waals surface area (Å²) in [6.07, 6.45) is 0. The van der Waals surface area contributed by atoms with Gasteiger partial charge in [-0.15, -0.1) is 0 Å². The summed E-state index contributed by atoms with van der Waals surface area (Å²) < 4.78 is 1.76. The number of nitrogens with one attached hydrogen (secondary N) is 2. The van der Waals surface area contributed by atoms with E-state index in [2.05, 4.69) is 10.4 Å². The third kappa shape index (κ3) is 5.00. The molecule has 0 saturated carbocycles. The minimum atomic E-state index is -0.0499. The van der Waals surface area contributed by atoms with Gasteiger partial charge in [-0.2, -0.15) is 5.10 Å². The molecule has 0 bridgehead atoms. The van der Waals surface area contributed by atoms with E-state index in [-0.39, 0.29) is 11.8 Å². The summed E-state index contributed by atoms with van der Waals surface area (Å²) in [6.45, 7) is 7.12. The number of benzene rings is 2. The highest BCUT2D eigenvalue weighted by molar-refractivity contribution is 5.94. The van der Waals surface area contributed by atoms with Gasteiger partial charge in [0.15, 0.2) is 6.54 Å². The largest absolute Gasteiger partial charge is 0.327 e. The molecule has 0 atom stereocenters. The van der Waals surface area contributed by atoms with Gasteiger partial charge in [-0.05, 0) is 38.1 Å². The molecule has 1 aliphatic heterocycles. The Morgan fingerprint density at radius 2 is 1.68 bits per heavy atom. The molecule has 31 heavy (non-hydrogen) atoms. The molecular weight excluding hydrogens is 390 g/mol. The number of quaternary nitrogens is 1. The lowest BCUT2D eigenvalue weighted by atomic mass is 10.2. The molecule has 4 rings (SSSR count). The van der Waals surface area contributed by atoms with Gasteiger partial charge in [0.05, 0.1) is 37.6 Å². The molecule has 2 heterocycles. The van der Waals surface area contributed by atoms with Gasteiger partial charge < -0.3 is 15.1 Å². The molecular formula is C24H28N5O2+. The zero-order valence-electron chi connectivity index (χ0n) is 18.0. The van der Waals surface area contributed by atoms with Gasteiger partial charge in [0, 0.05) is 11.6 Å². The van der Waals surface area contributed by atoms with Crippen molar-refractivity contribution in [2.75, 3.05) is 38.0 Å². The Labute approximate surface area is 182 Å².